The second kappa shape index (κ2) is 6.52. The summed E-state index contributed by atoms with van der Waals surface area (Å²) in [5.74, 6) is -0.0447. The number of aromatic nitrogens is 1. The number of amides is 1. The summed E-state index contributed by atoms with van der Waals surface area (Å²) in [4.78, 5) is 16.0. The summed E-state index contributed by atoms with van der Waals surface area (Å²) in [6.07, 6.45) is 2.65. The Morgan fingerprint density at radius 3 is 2.85 bits per heavy atom. The number of nitrogen functional groups attached to an aromatic ring is 1. The van der Waals surface area contributed by atoms with Crippen molar-refractivity contribution >= 4 is 33.2 Å². The molecular weight excluding hydrogens is 318 g/mol. The van der Waals surface area contributed by atoms with E-state index in [-0.39, 0.29) is 5.91 Å². The van der Waals surface area contributed by atoms with Gasteiger partial charge in [-0.25, -0.2) is 4.98 Å². The first-order valence-corrected chi connectivity index (χ1v) is 7.11. The molecule has 0 fully saturated rings. The molecule has 20 heavy (non-hydrogen) atoms. The number of carbonyl (C=O) groups is 1. The van der Waals surface area contributed by atoms with Crippen molar-refractivity contribution in [3.63, 3.8) is 0 Å². The number of anilines is 2. The van der Waals surface area contributed by atoms with Crippen LogP contribution in [0.2, 0.25) is 0 Å². The predicted molar refractivity (Wildman–Crippen MR) is 84.5 cm³/mol. The van der Waals surface area contributed by atoms with Crippen LogP contribution in [-0.4, -0.2) is 10.9 Å². The van der Waals surface area contributed by atoms with Gasteiger partial charge in [-0.1, -0.05) is 18.2 Å². The van der Waals surface area contributed by atoms with Crippen LogP contribution in [0.4, 0.5) is 11.4 Å². The van der Waals surface area contributed by atoms with Gasteiger partial charge in [-0.05, 0) is 52.5 Å². The average Bonchev–Trinajstić information content (AvgIpc) is 2.42. The molecule has 104 valence electrons. The van der Waals surface area contributed by atoms with Crippen LogP contribution >= 0.6 is 15.9 Å². The molecule has 0 saturated carbocycles. The normalized spacial score (nSPS) is 10.3. The maximum atomic E-state index is 11.9. The molecule has 2 rings (SSSR count). The molecule has 0 aliphatic heterocycles. The second-order valence-corrected chi connectivity index (χ2v) is 5.33. The SMILES string of the molecule is Cc1cc(NC(=O)CCc2ccccc2N)cnc1Br. The van der Waals surface area contributed by atoms with Crippen molar-refractivity contribution in [1.29, 1.82) is 0 Å². The Bertz CT molecular complexity index is 628. The van der Waals surface area contributed by atoms with Crippen molar-refractivity contribution < 1.29 is 4.79 Å². The van der Waals surface area contributed by atoms with E-state index in [9.17, 15) is 4.79 Å². The summed E-state index contributed by atoms with van der Waals surface area (Å²) in [6, 6.07) is 9.47. The average molecular weight is 334 g/mol. The molecule has 1 aromatic carbocycles. The third-order valence-electron chi connectivity index (χ3n) is 2.97. The van der Waals surface area contributed by atoms with E-state index < -0.39 is 0 Å². The number of carbonyl (C=O) groups excluding carboxylic acids is 1. The van der Waals surface area contributed by atoms with Gasteiger partial charge in [-0.2, -0.15) is 0 Å². The third-order valence-corrected chi connectivity index (χ3v) is 3.80. The lowest BCUT2D eigenvalue weighted by atomic mass is 10.1. The van der Waals surface area contributed by atoms with Gasteiger partial charge in [0.05, 0.1) is 11.9 Å². The van der Waals surface area contributed by atoms with E-state index in [4.69, 9.17) is 5.73 Å². The van der Waals surface area contributed by atoms with Gasteiger partial charge in [0.15, 0.2) is 0 Å². The van der Waals surface area contributed by atoms with Gasteiger partial charge in [0.25, 0.3) is 0 Å². The largest absolute Gasteiger partial charge is 0.399 e. The molecule has 0 saturated heterocycles. The fraction of sp³-hybridized carbons (Fsp3) is 0.200. The minimum Gasteiger partial charge on any atom is -0.399 e. The van der Waals surface area contributed by atoms with Crippen LogP contribution in [0.1, 0.15) is 17.5 Å². The second-order valence-electron chi connectivity index (χ2n) is 4.58. The fourth-order valence-corrected chi connectivity index (χ4v) is 2.08. The Kier molecular flexibility index (Phi) is 4.74. The van der Waals surface area contributed by atoms with Gasteiger partial charge in [0.2, 0.25) is 5.91 Å². The lowest BCUT2D eigenvalue weighted by Crippen LogP contribution is -2.13. The van der Waals surface area contributed by atoms with Crippen LogP contribution in [0, 0.1) is 6.92 Å². The maximum Gasteiger partial charge on any atom is 0.224 e. The molecule has 0 radical (unpaired) electrons. The number of benzene rings is 1. The molecule has 1 heterocycles. The van der Waals surface area contributed by atoms with Crippen LogP contribution < -0.4 is 11.1 Å². The van der Waals surface area contributed by atoms with Crippen molar-refractivity contribution in [3.8, 4) is 0 Å². The van der Waals surface area contributed by atoms with E-state index in [1.165, 1.54) is 0 Å². The Hall–Kier alpha value is -1.88. The van der Waals surface area contributed by atoms with Gasteiger partial charge in [0, 0.05) is 12.1 Å². The Balaban J connectivity index is 1.93. The molecule has 0 atom stereocenters. The third kappa shape index (κ3) is 3.81. The first-order valence-electron chi connectivity index (χ1n) is 6.31. The number of halogens is 1. The standard InChI is InChI=1S/C15H16BrN3O/c1-10-8-12(9-18-15(10)16)19-14(20)7-6-11-4-2-3-5-13(11)17/h2-5,8-9H,6-7,17H2,1H3,(H,19,20). The molecule has 5 heteroatoms. The highest BCUT2D eigenvalue weighted by atomic mass is 79.9. The summed E-state index contributed by atoms with van der Waals surface area (Å²) in [6.45, 7) is 1.93. The van der Waals surface area contributed by atoms with Crippen LogP contribution in [-0.2, 0) is 11.2 Å². The topological polar surface area (TPSA) is 68.0 Å². The molecule has 0 bridgehead atoms. The number of hydrogen-bond acceptors (Lipinski definition) is 3. The highest BCUT2D eigenvalue weighted by Crippen LogP contribution is 2.17. The quantitative estimate of drug-likeness (QED) is 0.666. The predicted octanol–water partition coefficient (Wildman–Crippen LogP) is 3.31. The zero-order valence-corrected chi connectivity index (χ0v) is 12.8. The van der Waals surface area contributed by atoms with E-state index in [1.807, 2.05) is 37.3 Å². The van der Waals surface area contributed by atoms with Gasteiger partial charge in [0.1, 0.15) is 4.60 Å². The smallest absolute Gasteiger partial charge is 0.224 e. The monoisotopic (exact) mass is 333 g/mol. The van der Waals surface area contributed by atoms with Gasteiger partial charge >= 0.3 is 0 Å². The minimum absolute atomic E-state index is 0.0447. The number of nitrogens with one attached hydrogen (secondary N) is 1. The first-order chi connectivity index (χ1) is 9.56. The molecule has 3 N–H and O–H groups in total. The number of rotatable bonds is 4. The van der Waals surface area contributed by atoms with Gasteiger partial charge < -0.3 is 11.1 Å². The molecule has 0 aliphatic rings. The number of hydrogen-bond donors (Lipinski definition) is 2. The lowest BCUT2D eigenvalue weighted by Gasteiger charge is -2.07. The number of nitrogens with zero attached hydrogens (tertiary/aromatic N) is 1. The molecule has 4 nitrogen and oxygen atoms in total. The number of pyridine rings is 1. The van der Waals surface area contributed by atoms with Crippen molar-refractivity contribution in [2.24, 2.45) is 0 Å². The van der Waals surface area contributed by atoms with E-state index in [0.29, 0.717) is 18.5 Å². The molecule has 1 aromatic heterocycles. The highest BCUT2D eigenvalue weighted by Gasteiger charge is 2.06. The van der Waals surface area contributed by atoms with Crippen molar-refractivity contribution in [3.05, 3.63) is 52.3 Å². The van der Waals surface area contributed by atoms with Crippen molar-refractivity contribution in [2.75, 3.05) is 11.1 Å². The number of nitrogens with two attached hydrogens (primary N) is 1. The Morgan fingerprint density at radius 2 is 2.15 bits per heavy atom. The molecule has 1 amide bonds. The van der Waals surface area contributed by atoms with Crippen LogP contribution in [0.5, 0.6) is 0 Å². The highest BCUT2D eigenvalue weighted by molar-refractivity contribution is 9.10. The number of para-hydroxylation sites is 1. The molecule has 2 aromatic rings. The summed E-state index contributed by atoms with van der Waals surface area (Å²) < 4.78 is 0.785. The Labute approximate surface area is 126 Å². The van der Waals surface area contributed by atoms with Gasteiger partial charge in [-0.3, -0.25) is 4.79 Å². The summed E-state index contributed by atoms with van der Waals surface area (Å²) in [5.41, 5.74) is 9.25. The lowest BCUT2D eigenvalue weighted by molar-refractivity contribution is -0.116. The summed E-state index contributed by atoms with van der Waals surface area (Å²) in [7, 11) is 0. The van der Waals surface area contributed by atoms with E-state index in [1.54, 1.807) is 6.20 Å². The van der Waals surface area contributed by atoms with Crippen LogP contribution in [0.15, 0.2) is 41.1 Å². The molecule has 0 aliphatic carbocycles. The van der Waals surface area contributed by atoms with Crippen LogP contribution in [0.3, 0.4) is 0 Å². The van der Waals surface area contributed by atoms with Gasteiger partial charge in [-0.15, -0.1) is 0 Å². The van der Waals surface area contributed by atoms with E-state index in [0.717, 1.165) is 21.4 Å². The molecular formula is C15H16BrN3O. The summed E-state index contributed by atoms with van der Waals surface area (Å²) >= 11 is 3.33. The Morgan fingerprint density at radius 1 is 1.40 bits per heavy atom. The van der Waals surface area contributed by atoms with Crippen molar-refractivity contribution in [1.82, 2.24) is 4.98 Å². The number of aryl methyl sites for hydroxylation is 2. The molecule has 0 spiro atoms. The molecule has 0 unspecified atom stereocenters. The fourth-order valence-electron chi connectivity index (χ4n) is 1.86. The minimum atomic E-state index is -0.0447. The summed E-state index contributed by atoms with van der Waals surface area (Å²) in [5, 5.41) is 2.84. The zero-order valence-electron chi connectivity index (χ0n) is 11.2. The van der Waals surface area contributed by atoms with E-state index >= 15 is 0 Å². The first kappa shape index (κ1) is 14.5. The van der Waals surface area contributed by atoms with Crippen molar-refractivity contribution in [2.45, 2.75) is 19.8 Å². The van der Waals surface area contributed by atoms with E-state index in [2.05, 4.69) is 26.2 Å². The maximum absolute atomic E-state index is 11.9. The van der Waals surface area contributed by atoms with Crippen LogP contribution in [0.25, 0.3) is 0 Å². The zero-order chi connectivity index (χ0) is 14.5.